The van der Waals surface area contributed by atoms with Crippen LogP contribution in [0.1, 0.15) is 11.1 Å². The molecule has 138 valence electrons. The number of hydrogen-bond acceptors (Lipinski definition) is 4. The average Bonchev–Trinajstić information content (AvgIpc) is 2.88. The molecule has 0 unspecified atom stereocenters. The number of carbonyl (C=O) groups is 2. The van der Waals surface area contributed by atoms with E-state index in [0.717, 1.165) is 10.5 Å². The van der Waals surface area contributed by atoms with Crippen molar-refractivity contribution in [2.24, 2.45) is 0 Å². The van der Waals surface area contributed by atoms with Crippen molar-refractivity contribution < 1.29 is 18.7 Å². The molecule has 0 aliphatic carbocycles. The number of rotatable bonds is 6. The summed E-state index contributed by atoms with van der Waals surface area (Å²) < 4.78 is 18.7. The van der Waals surface area contributed by atoms with Gasteiger partial charge in [0.15, 0.2) is 0 Å². The van der Waals surface area contributed by atoms with Gasteiger partial charge in [-0.15, -0.1) is 6.58 Å². The highest BCUT2D eigenvalue weighted by Crippen LogP contribution is 2.33. The lowest BCUT2D eigenvalue weighted by Gasteiger charge is -2.14. The molecule has 0 atom stereocenters. The molecule has 0 spiro atoms. The molecule has 5 nitrogen and oxygen atoms in total. The second kappa shape index (κ2) is 7.45. The second-order valence-corrected chi connectivity index (χ2v) is 6.10. The summed E-state index contributed by atoms with van der Waals surface area (Å²) in [4.78, 5) is 26.8. The molecule has 0 aromatic heterocycles. The van der Waals surface area contributed by atoms with Gasteiger partial charge in [-0.2, -0.15) is 0 Å². The molecule has 0 saturated heterocycles. The first-order valence-corrected chi connectivity index (χ1v) is 8.35. The maximum absolute atomic E-state index is 13.3. The van der Waals surface area contributed by atoms with Crippen LogP contribution in [0.5, 0.6) is 5.75 Å². The molecular weight excluding hydrogens is 347 g/mol. The Morgan fingerprint density at radius 1 is 1.15 bits per heavy atom. The lowest BCUT2D eigenvalue weighted by molar-refractivity contribution is -0.136. The number of carbonyl (C=O) groups excluding carboxylic acids is 2. The zero-order chi connectivity index (χ0) is 19.6. The number of aryl methyl sites for hydroxylation is 1. The molecule has 2 aromatic rings. The third kappa shape index (κ3) is 3.46. The van der Waals surface area contributed by atoms with Gasteiger partial charge in [0.1, 0.15) is 17.3 Å². The van der Waals surface area contributed by atoms with Gasteiger partial charge in [-0.25, -0.2) is 4.39 Å². The number of amides is 2. The van der Waals surface area contributed by atoms with Crippen LogP contribution in [-0.2, 0) is 9.59 Å². The molecule has 2 amide bonds. The highest BCUT2D eigenvalue weighted by molar-refractivity contribution is 6.36. The molecule has 1 aliphatic heterocycles. The maximum atomic E-state index is 13.3. The first-order chi connectivity index (χ1) is 13.0. The van der Waals surface area contributed by atoms with Gasteiger partial charge < -0.3 is 10.1 Å². The van der Waals surface area contributed by atoms with Gasteiger partial charge in [-0.1, -0.05) is 24.3 Å². The molecular formula is C21H19FN2O3. The minimum absolute atomic E-state index is 0.0818. The number of imide groups is 1. The van der Waals surface area contributed by atoms with Crippen molar-refractivity contribution in [1.82, 2.24) is 4.90 Å². The Labute approximate surface area is 156 Å². The molecule has 0 fully saturated rings. The molecule has 27 heavy (non-hydrogen) atoms. The molecule has 1 N–H and O–H groups in total. The second-order valence-electron chi connectivity index (χ2n) is 6.10. The molecule has 0 bridgehead atoms. The summed E-state index contributed by atoms with van der Waals surface area (Å²) in [5, 5.41) is 3.05. The third-order valence-electron chi connectivity index (χ3n) is 4.23. The van der Waals surface area contributed by atoms with Crippen LogP contribution < -0.4 is 10.1 Å². The summed E-state index contributed by atoms with van der Waals surface area (Å²) in [5.41, 5.74) is 2.29. The number of halogens is 1. The van der Waals surface area contributed by atoms with Crippen molar-refractivity contribution in [3.8, 4) is 5.75 Å². The zero-order valence-corrected chi connectivity index (χ0v) is 15.1. The van der Waals surface area contributed by atoms with Gasteiger partial charge >= 0.3 is 0 Å². The number of anilines is 1. The SMILES string of the molecule is C=CCN1C(=O)C(Nc2cc(C)ccc2OC)=C(c2ccc(F)cc2)C1=O. The molecule has 0 saturated carbocycles. The monoisotopic (exact) mass is 366 g/mol. The Kier molecular flexibility index (Phi) is 5.07. The van der Waals surface area contributed by atoms with Crippen LogP contribution in [0.25, 0.3) is 5.57 Å². The number of ether oxygens (including phenoxy) is 1. The highest BCUT2D eigenvalue weighted by Gasteiger charge is 2.38. The average molecular weight is 366 g/mol. The van der Waals surface area contributed by atoms with Crippen molar-refractivity contribution in [2.75, 3.05) is 19.0 Å². The van der Waals surface area contributed by atoms with Crippen LogP contribution >= 0.6 is 0 Å². The van der Waals surface area contributed by atoms with Crippen molar-refractivity contribution >= 4 is 23.1 Å². The highest BCUT2D eigenvalue weighted by atomic mass is 19.1. The van der Waals surface area contributed by atoms with Crippen LogP contribution in [0.4, 0.5) is 10.1 Å². The standard InChI is InChI=1S/C21H19FN2O3/c1-4-11-24-20(25)18(14-6-8-15(22)9-7-14)19(21(24)26)23-16-12-13(2)5-10-17(16)27-3/h4-10,12,23H,1,11H2,2-3H3. The first kappa shape index (κ1) is 18.4. The Balaban J connectivity index is 2.12. The lowest BCUT2D eigenvalue weighted by atomic mass is 10.0. The topological polar surface area (TPSA) is 58.6 Å². The Bertz CT molecular complexity index is 948. The van der Waals surface area contributed by atoms with Gasteiger partial charge in [0, 0.05) is 6.54 Å². The maximum Gasteiger partial charge on any atom is 0.278 e. The molecule has 1 aliphatic rings. The number of methoxy groups -OCH3 is 1. The van der Waals surface area contributed by atoms with E-state index in [0.29, 0.717) is 17.0 Å². The summed E-state index contributed by atoms with van der Waals surface area (Å²) in [7, 11) is 1.52. The number of hydrogen-bond donors (Lipinski definition) is 1. The van der Waals surface area contributed by atoms with E-state index in [1.54, 1.807) is 6.07 Å². The van der Waals surface area contributed by atoms with E-state index in [1.807, 2.05) is 19.1 Å². The summed E-state index contributed by atoms with van der Waals surface area (Å²) in [6.45, 7) is 5.59. The minimum Gasteiger partial charge on any atom is -0.495 e. The van der Waals surface area contributed by atoms with E-state index in [4.69, 9.17) is 4.74 Å². The summed E-state index contributed by atoms with van der Waals surface area (Å²) in [6, 6.07) is 10.9. The smallest absolute Gasteiger partial charge is 0.278 e. The van der Waals surface area contributed by atoms with Crippen molar-refractivity contribution in [1.29, 1.82) is 0 Å². The number of nitrogens with one attached hydrogen (secondary N) is 1. The van der Waals surface area contributed by atoms with Crippen LogP contribution in [0.2, 0.25) is 0 Å². The lowest BCUT2D eigenvalue weighted by Crippen LogP contribution is -2.32. The van der Waals surface area contributed by atoms with Gasteiger partial charge in [-0.3, -0.25) is 14.5 Å². The van der Waals surface area contributed by atoms with Crippen molar-refractivity contribution in [3.05, 3.63) is 77.8 Å². The number of benzene rings is 2. The van der Waals surface area contributed by atoms with E-state index < -0.39 is 17.6 Å². The largest absolute Gasteiger partial charge is 0.495 e. The van der Waals surface area contributed by atoms with Gasteiger partial charge in [-0.05, 0) is 42.3 Å². The normalized spacial score (nSPS) is 14.0. The Morgan fingerprint density at radius 3 is 2.48 bits per heavy atom. The molecule has 6 heteroatoms. The van der Waals surface area contributed by atoms with Crippen LogP contribution in [0, 0.1) is 12.7 Å². The molecule has 2 aromatic carbocycles. The van der Waals surface area contributed by atoms with Gasteiger partial charge in [0.2, 0.25) is 0 Å². The predicted molar refractivity (Wildman–Crippen MR) is 102 cm³/mol. The van der Waals surface area contributed by atoms with E-state index in [9.17, 15) is 14.0 Å². The fourth-order valence-corrected chi connectivity index (χ4v) is 2.93. The molecule has 0 radical (unpaired) electrons. The minimum atomic E-state index is -0.470. The van der Waals surface area contributed by atoms with Crippen molar-refractivity contribution in [3.63, 3.8) is 0 Å². The predicted octanol–water partition coefficient (Wildman–Crippen LogP) is 3.52. The van der Waals surface area contributed by atoms with E-state index in [2.05, 4.69) is 11.9 Å². The van der Waals surface area contributed by atoms with Crippen LogP contribution in [-0.4, -0.2) is 30.4 Å². The fraction of sp³-hybridized carbons (Fsp3) is 0.143. The van der Waals surface area contributed by atoms with E-state index in [-0.39, 0.29) is 17.8 Å². The first-order valence-electron chi connectivity index (χ1n) is 8.35. The van der Waals surface area contributed by atoms with Crippen LogP contribution in [0.15, 0.2) is 60.8 Å². The van der Waals surface area contributed by atoms with Gasteiger partial charge in [0.25, 0.3) is 11.8 Å². The van der Waals surface area contributed by atoms with Gasteiger partial charge in [0.05, 0.1) is 18.4 Å². The van der Waals surface area contributed by atoms with E-state index in [1.165, 1.54) is 37.5 Å². The Morgan fingerprint density at radius 2 is 1.85 bits per heavy atom. The number of nitrogens with zero attached hydrogens (tertiary/aromatic N) is 1. The fourth-order valence-electron chi connectivity index (χ4n) is 2.93. The zero-order valence-electron chi connectivity index (χ0n) is 15.1. The van der Waals surface area contributed by atoms with E-state index >= 15 is 0 Å². The van der Waals surface area contributed by atoms with Crippen LogP contribution in [0.3, 0.4) is 0 Å². The molecule has 3 rings (SSSR count). The quantitative estimate of drug-likeness (QED) is 0.628. The summed E-state index contributed by atoms with van der Waals surface area (Å²) in [6.07, 6.45) is 1.48. The third-order valence-corrected chi connectivity index (χ3v) is 4.23. The van der Waals surface area contributed by atoms with Crippen molar-refractivity contribution in [2.45, 2.75) is 6.92 Å². The molecule has 1 heterocycles. The summed E-state index contributed by atoms with van der Waals surface area (Å²) in [5.74, 6) is -0.814. The summed E-state index contributed by atoms with van der Waals surface area (Å²) >= 11 is 0. The Hall–Kier alpha value is -3.41.